The maximum absolute atomic E-state index is 12.0. The van der Waals surface area contributed by atoms with Gasteiger partial charge in [0.05, 0.1) is 0 Å². The summed E-state index contributed by atoms with van der Waals surface area (Å²) in [5, 5.41) is 12.4. The fourth-order valence-electron chi connectivity index (χ4n) is 2.88. The molecule has 0 spiro atoms. The van der Waals surface area contributed by atoms with Gasteiger partial charge in [-0.05, 0) is 50.4 Å². The number of likely N-dealkylation sites (tertiary alicyclic amines) is 1. The van der Waals surface area contributed by atoms with Crippen molar-refractivity contribution in [2.45, 2.75) is 38.1 Å². The summed E-state index contributed by atoms with van der Waals surface area (Å²) in [5.41, 5.74) is 0.741. The SMILES string of the molecule is O=C(CCN1CCCC1CCCO)Nc1cccc(Cl)c1. The lowest BCUT2D eigenvalue weighted by Gasteiger charge is -2.23. The molecule has 21 heavy (non-hydrogen) atoms. The molecule has 0 saturated carbocycles. The van der Waals surface area contributed by atoms with E-state index in [9.17, 15) is 4.79 Å². The summed E-state index contributed by atoms with van der Waals surface area (Å²) in [5.74, 6) is 0.0186. The summed E-state index contributed by atoms with van der Waals surface area (Å²) in [4.78, 5) is 14.3. The van der Waals surface area contributed by atoms with Crippen molar-refractivity contribution in [1.29, 1.82) is 0 Å². The maximum Gasteiger partial charge on any atom is 0.225 e. The molecule has 1 heterocycles. The smallest absolute Gasteiger partial charge is 0.225 e. The highest BCUT2D eigenvalue weighted by Crippen LogP contribution is 2.21. The van der Waals surface area contributed by atoms with Crippen LogP contribution in [-0.4, -0.2) is 41.7 Å². The zero-order valence-electron chi connectivity index (χ0n) is 12.2. The predicted octanol–water partition coefficient (Wildman–Crippen LogP) is 2.91. The summed E-state index contributed by atoms with van der Waals surface area (Å²) in [6, 6.07) is 7.72. The van der Waals surface area contributed by atoms with Crippen LogP contribution in [0.3, 0.4) is 0 Å². The Balaban J connectivity index is 1.75. The summed E-state index contributed by atoms with van der Waals surface area (Å²) in [6.45, 7) is 2.09. The topological polar surface area (TPSA) is 52.6 Å². The Morgan fingerprint density at radius 3 is 3.10 bits per heavy atom. The van der Waals surface area contributed by atoms with Crippen molar-refractivity contribution in [2.75, 3.05) is 25.0 Å². The van der Waals surface area contributed by atoms with Gasteiger partial charge in [0.1, 0.15) is 0 Å². The normalized spacial score (nSPS) is 18.9. The van der Waals surface area contributed by atoms with E-state index in [0.29, 0.717) is 17.5 Å². The Kier molecular flexibility index (Phi) is 6.49. The first-order chi connectivity index (χ1) is 10.2. The molecule has 116 valence electrons. The summed E-state index contributed by atoms with van der Waals surface area (Å²) < 4.78 is 0. The molecule has 1 amide bonds. The lowest BCUT2D eigenvalue weighted by Crippen LogP contribution is -2.32. The number of halogens is 1. The van der Waals surface area contributed by atoms with E-state index in [1.807, 2.05) is 12.1 Å². The molecule has 2 rings (SSSR count). The zero-order chi connectivity index (χ0) is 15.1. The number of aliphatic hydroxyl groups is 1. The summed E-state index contributed by atoms with van der Waals surface area (Å²) in [6.07, 6.45) is 4.71. The van der Waals surface area contributed by atoms with Crippen LogP contribution in [0.1, 0.15) is 32.1 Å². The number of carbonyl (C=O) groups excluding carboxylic acids is 1. The third kappa shape index (κ3) is 5.30. The van der Waals surface area contributed by atoms with Gasteiger partial charge in [0.25, 0.3) is 0 Å². The maximum atomic E-state index is 12.0. The largest absolute Gasteiger partial charge is 0.396 e. The molecule has 0 radical (unpaired) electrons. The first-order valence-corrected chi connectivity index (χ1v) is 7.97. The molecule has 1 atom stereocenters. The third-order valence-electron chi connectivity index (χ3n) is 3.93. The molecular weight excluding hydrogens is 288 g/mol. The van der Waals surface area contributed by atoms with Gasteiger partial charge >= 0.3 is 0 Å². The second-order valence-corrected chi connectivity index (χ2v) is 5.94. The Hall–Kier alpha value is -1.10. The van der Waals surface area contributed by atoms with Crippen molar-refractivity contribution in [3.63, 3.8) is 0 Å². The Morgan fingerprint density at radius 1 is 1.48 bits per heavy atom. The number of anilines is 1. The molecule has 2 N–H and O–H groups in total. The average molecular weight is 311 g/mol. The van der Waals surface area contributed by atoms with Gasteiger partial charge in [0.2, 0.25) is 5.91 Å². The highest BCUT2D eigenvalue weighted by molar-refractivity contribution is 6.30. The van der Waals surface area contributed by atoms with Crippen LogP contribution in [-0.2, 0) is 4.79 Å². The van der Waals surface area contributed by atoms with E-state index in [1.165, 1.54) is 12.8 Å². The van der Waals surface area contributed by atoms with E-state index >= 15 is 0 Å². The van der Waals surface area contributed by atoms with E-state index < -0.39 is 0 Å². The van der Waals surface area contributed by atoms with Gasteiger partial charge in [0, 0.05) is 36.3 Å². The Labute approximate surface area is 131 Å². The summed E-state index contributed by atoms with van der Waals surface area (Å²) >= 11 is 5.90. The molecule has 1 saturated heterocycles. The number of carbonyl (C=O) groups is 1. The monoisotopic (exact) mass is 310 g/mol. The van der Waals surface area contributed by atoms with Crippen LogP contribution in [0.25, 0.3) is 0 Å². The second-order valence-electron chi connectivity index (χ2n) is 5.51. The van der Waals surface area contributed by atoms with Crippen molar-refractivity contribution in [1.82, 2.24) is 4.90 Å². The number of rotatable bonds is 7. The zero-order valence-corrected chi connectivity index (χ0v) is 13.0. The molecular formula is C16H23ClN2O2. The van der Waals surface area contributed by atoms with Crippen LogP contribution in [0.5, 0.6) is 0 Å². The van der Waals surface area contributed by atoms with Crippen molar-refractivity contribution in [2.24, 2.45) is 0 Å². The number of hydrogen-bond donors (Lipinski definition) is 2. The van der Waals surface area contributed by atoms with Gasteiger partial charge in [-0.1, -0.05) is 17.7 Å². The first-order valence-electron chi connectivity index (χ1n) is 7.59. The van der Waals surface area contributed by atoms with Crippen molar-refractivity contribution >= 4 is 23.2 Å². The van der Waals surface area contributed by atoms with Gasteiger partial charge in [0.15, 0.2) is 0 Å². The molecule has 1 aromatic carbocycles. The summed E-state index contributed by atoms with van der Waals surface area (Å²) in [7, 11) is 0. The van der Waals surface area contributed by atoms with Crippen LogP contribution in [0.15, 0.2) is 24.3 Å². The van der Waals surface area contributed by atoms with Crippen LogP contribution >= 0.6 is 11.6 Å². The second kappa shape index (κ2) is 8.37. The number of benzene rings is 1. The number of amides is 1. The minimum Gasteiger partial charge on any atom is -0.396 e. The van der Waals surface area contributed by atoms with Crippen LogP contribution < -0.4 is 5.32 Å². The quantitative estimate of drug-likeness (QED) is 0.814. The number of nitrogens with one attached hydrogen (secondary N) is 1. The van der Waals surface area contributed by atoms with E-state index in [1.54, 1.807) is 12.1 Å². The minimum atomic E-state index is 0.0186. The highest BCUT2D eigenvalue weighted by Gasteiger charge is 2.23. The van der Waals surface area contributed by atoms with E-state index in [4.69, 9.17) is 16.7 Å². The average Bonchev–Trinajstić information content (AvgIpc) is 2.90. The van der Waals surface area contributed by atoms with E-state index in [2.05, 4.69) is 10.2 Å². The predicted molar refractivity (Wildman–Crippen MR) is 85.6 cm³/mol. The number of hydrogen-bond acceptors (Lipinski definition) is 3. The third-order valence-corrected chi connectivity index (χ3v) is 4.16. The first kappa shape index (κ1) is 16.3. The van der Waals surface area contributed by atoms with Crippen LogP contribution in [0.2, 0.25) is 5.02 Å². The fourth-order valence-corrected chi connectivity index (χ4v) is 3.07. The molecule has 5 heteroatoms. The van der Waals surface area contributed by atoms with Gasteiger partial charge in [-0.15, -0.1) is 0 Å². The van der Waals surface area contributed by atoms with Gasteiger partial charge in [-0.3, -0.25) is 9.69 Å². The molecule has 1 aliphatic rings. The molecule has 1 unspecified atom stereocenters. The minimum absolute atomic E-state index is 0.0186. The van der Waals surface area contributed by atoms with Crippen LogP contribution in [0, 0.1) is 0 Å². The number of nitrogens with zero attached hydrogens (tertiary/aromatic N) is 1. The fraction of sp³-hybridized carbons (Fsp3) is 0.562. The van der Waals surface area contributed by atoms with Gasteiger partial charge in [-0.2, -0.15) is 0 Å². The lowest BCUT2D eigenvalue weighted by atomic mass is 10.1. The van der Waals surface area contributed by atoms with Crippen molar-refractivity contribution in [3.05, 3.63) is 29.3 Å². The van der Waals surface area contributed by atoms with E-state index in [-0.39, 0.29) is 12.5 Å². The Morgan fingerprint density at radius 2 is 2.33 bits per heavy atom. The molecule has 1 aliphatic heterocycles. The van der Waals surface area contributed by atoms with Gasteiger partial charge in [-0.25, -0.2) is 0 Å². The molecule has 0 bridgehead atoms. The molecule has 4 nitrogen and oxygen atoms in total. The van der Waals surface area contributed by atoms with Crippen LogP contribution in [0.4, 0.5) is 5.69 Å². The molecule has 0 aromatic heterocycles. The van der Waals surface area contributed by atoms with Gasteiger partial charge < -0.3 is 10.4 Å². The van der Waals surface area contributed by atoms with Crippen molar-refractivity contribution in [3.8, 4) is 0 Å². The molecule has 0 aliphatic carbocycles. The molecule has 1 fully saturated rings. The number of aliphatic hydroxyl groups excluding tert-OH is 1. The standard InChI is InChI=1S/C16H23ClN2O2/c17-13-4-1-5-14(12-13)18-16(21)8-10-19-9-2-6-15(19)7-3-11-20/h1,4-5,12,15,20H,2-3,6-11H2,(H,18,21). The Bertz CT molecular complexity index is 467. The van der Waals surface area contributed by atoms with Crippen molar-refractivity contribution < 1.29 is 9.90 Å². The molecule has 1 aromatic rings. The van der Waals surface area contributed by atoms with E-state index in [0.717, 1.165) is 31.6 Å². The lowest BCUT2D eigenvalue weighted by molar-refractivity contribution is -0.116. The highest BCUT2D eigenvalue weighted by atomic mass is 35.5.